The Balaban J connectivity index is 5.06. The summed E-state index contributed by atoms with van der Waals surface area (Å²) in [7, 11) is 0. The first-order chi connectivity index (χ1) is 7.48. The number of halogens is 7. The molecule has 0 spiro atoms. The Morgan fingerprint density at radius 1 is 1.12 bits per heavy atom. The van der Waals surface area contributed by atoms with Crippen molar-refractivity contribution >= 4 is 0 Å². The van der Waals surface area contributed by atoms with Gasteiger partial charge in [0.25, 0.3) is 0 Å². The first-order valence-electron chi connectivity index (χ1n) is 4.35. The second-order valence-electron chi connectivity index (χ2n) is 3.11. The molecule has 8 heteroatoms. The van der Waals surface area contributed by atoms with Gasteiger partial charge < -0.3 is 4.74 Å². The molecule has 0 aliphatic rings. The van der Waals surface area contributed by atoms with E-state index < -0.39 is 30.2 Å². The zero-order valence-electron chi connectivity index (χ0n) is 8.75. The van der Waals surface area contributed by atoms with Crippen LogP contribution < -0.4 is 0 Å². The molecule has 0 aromatic heterocycles. The highest BCUT2D eigenvalue weighted by atomic mass is 19.4. The van der Waals surface area contributed by atoms with Gasteiger partial charge in [0.2, 0.25) is 0 Å². The summed E-state index contributed by atoms with van der Waals surface area (Å²) in [6.07, 6.45) is -5.86. The zero-order chi connectivity index (χ0) is 13.9. The minimum Gasteiger partial charge on any atom is -0.377 e. The summed E-state index contributed by atoms with van der Waals surface area (Å²) in [5, 5.41) is 0. The fourth-order valence-electron chi connectivity index (χ4n) is 0.821. The van der Waals surface area contributed by atoms with Crippen LogP contribution in [0.1, 0.15) is 6.92 Å². The van der Waals surface area contributed by atoms with Crippen molar-refractivity contribution in [2.45, 2.75) is 24.9 Å². The maximum Gasteiger partial charge on any atom is 0.460 e. The molecule has 1 nitrogen and oxygen atoms in total. The Labute approximate surface area is 93.2 Å². The normalized spacial score (nSPS) is 15.2. The van der Waals surface area contributed by atoms with Crippen molar-refractivity contribution in [1.29, 1.82) is 0 Å². The van der Waals surface area contributed by atoms with Crippen LogP contribution in [0.5, 0.6) is 0 Å². The van der Waals surface area contributed by atoms with Gasteiger partial charge in [-0.2, -0.15) is 30.7 Å². The van der Waals surface area contributed by atoms with E-state index in [-0.39, 0.29) is 6.61 Å². The van der Waals surface area contributed by atoms with Gasteiger partial charge in [-0.3, -0.25) is 0 Å². The monoisotopic (exact) mass is 267 g/mol. The van der Waals surface area contributed by atoms with E-state index in [9.17, 15) is 30.7 Å². The number of rotatable bonds is 5. The van der Waals surface area contributed by atoms with Gasteiger partial charge in [0, 0.05) is 12.2 Å². The predicted octanol–water partition coefficient (Wildman–Crippen LogP) is 3.62. The molecule has 0 heterocycles. The highest BCUT2D eigenvalue weighted by Crippen LogP contribution is 2.49. The zero-order valence-corrected chi connectivity index (χ0v) is 8.75. The van der Waals surface area contributed by atoms with Crippen LogP contribution in [0.15, 0.2) is 11.6 Å². The summed E-state index contributed by atoms with van der Waals surface area (Å²) in [5.41, 5.74) is -1.41. The van der Waals surface area contributed by atoms with Gasteiger partial charge in [0.05, 0.1) is 6.61 Å². The Morgan fingerprint density at radius 2 is 1.59 bits per heavy atom. The highest BCUT2D eigenvalue weighted by molar-refractivity contribution is 5.16. The Morgan fingerprint density at radius 3 is 1.94 bits per heavy atom. The molecule has 101 valence electrons. The second-order valence-corrected chi connectivity index (χ2v) is 3.11. The van der Waals surface area contributed by atoms with Crippen molar-refractivity contribution in [2.24, 2.45) is 0 Å². The molecule has 0 unspecified atom stereocenters. The summed E-state index contributed by atoms with van der Waals surface area (Å²) >= 11 is 0. The van der Waals surface area contributed by atoms with Gasteiger partial charge in [0.15, 0.2) is 0 Å². The molecule has 0 bridgehead atoms. The third-order valence-electron chi connectivity index (χ3n) is 1.90. The van der Waals surface area contributed by atoms with E-state index in [1.165, 1.54) is 0 Å². The smallest absolute Gasteiger partial charge is 0.377 e. The molecular weight excluding hydrogens is 257 g/mol. The van der Waals surface area contributed by atoms with Gasteiger partial charge >= 0.3 is 18.0 Å². The van der Waals surface area contributed by atoms with E-state index in [0.717, 1.165) is 0 Å². The largest absolute Gasteiger partial charge is 0.460 e. The van der Waals surface area contributed by atoms with Crippen LogP contribution >= 0.6 is 0 Å². The van der Waals surface area contributed by atoms with Crippen molar-refractivity contribution in [2.75, 3.05) is 13.2 Å². The van der Waals surface area contributed by atoms with Gasteiger partial charge in [-0.05, 0) is 13.8 Å². The number of ether oxygens (including phenoxy) is 1. The van der Waals surface area contributed by atoms with Gasteiger partial charge in [-0.25, -0.2) is 0 Å². The van der Waals surface area contributed by atoms with Crippen LogP contribution in [0, 0.1) is 6.92 Å². The topological polar surface area (TPSA) is 9.23 Å². The fourth-order valence-corrected chi connectivity index (χ4v) is 0.821. The van der Waals surface area contributed by atoms with Crippen LogP contribution in [-0.4, -0.2) is 31.2 Å². The molecule has 0 saturated heterocycles. The van der Waals surface area contributed by atoms with Crippen molar-refractivity contribution in [3.8, 4) is 0 Å². The van der Waals surface area contributed by atoms with E-state index in [4.69, 9.17) is 0 Å². The summed E-state index contributed by atoms with van der Waals surface area (Å²) < 4.78 is 90.6. The van der Waals surface area contributed by atoms with Crippen molar-refractivity contribution < 1.29 is 35.5 Å². The number of alkyl halides is 7. The third-order valence-corrected chi connectivity index (χ3v) is 1.90. The highest BCUT2D eigenvalue weighted by Gasteiger charge is 2.73. The molecule has 0 atom stereocenters. The molecule has 0 aliphatic carbocycles. The summed E-state index contributed by atoms with van der Waals surface area (Å²) in [6, 6.07) is 0. The number of allylic oxidation sites excluding steroid dienone is 1. The van der Waals surface area contributed by atoms with E-state index in [2.05, 4.69) is 11.7 Å². The van der Waals surface area contributed by atoms with Crippen molar-refractivity contribution in [3.05, 3.63) is 18.6 Å². The molecule has 0 N–H and O–H groups in total. The fraction of sp³-hybridized carbons (Fsp3) is 0.667. The van der Waals surface area contributed by atoms with E-state index in [1.807, 2.05) is 0 Å². The van der Waals surface area contributed by atoms with Crippen LogP contribution in [-0.2, 0) is 4.74 Å². The lowest BCUT2D eigenvalue weighted by atomic mass is 10.0. The van der Waals surface area contributed by atoms with Crippen LogP contribution in [0.25, 0.3) is 0 Å². The maximum atomic E-state index is 12.9. The standard InChI is InChI=1S/C9H10F7O/c1-3-17-5-4-6(2)7(10,11)8(12,13)9(14,15)16/h4H,1,3,5H2,2H3. The lowest BCUT2D eigenvalue weighted by Crippen LogP contribution is -2.52. The molecule has 0 aromatic carbocycles. The molecule has 17 heavy (non-hydrogen) atoms. The van der Waals surface area contributed by atoms with Crippen LogP contribution in [0.4, 0.5) is 30.7 Å². The predicted molar refractivity (Wildman–Crippen MR) is 45.9 cm³/mol. The van der Waals surface area contributed by atoms with E-state index in [0.29, 0.717) is 13.0 Å². The minimum atomic E-state index is -6.32. The summed E-state index contributed by atoms with van der Waals surface area (Å²) in [5.74, 6) is -11.4. The quantitative estimate of drug-likeness (QED) is 0.420. The van der Waals surface area contributed by atoms with Crippen molar-refractivity contribution in [1.82, 2.24) is 0 Å². The minimum absolute atomic E-state index is 0.120. The molecule has 0 aliphatic heterocycles. The molecule has 0 aromatic rings. The second kappa shape index (κ2) is 5.24. The lowest BCUT2D eigenvalue weighted by molar-refractivity contribution is -0.344. The Kier molecular flexibility index (Phi) is 5.00. The number of hydrogen-bond acceptors (Lipinski definition) is 1. The Hall–Kier alpha value is -0.790. The van der Waals surface area contributed by atoms with Gasteiger partial charge in [0.1, 0.15) is 0 Å². The molecular formula is C9H10F7O. The van der Waals surface area contributed by atoms with Gasteiger partial charge in [-0.15, -0.1) is 0 Å². The molecule has 0 saturated carbocycles. The first-order valence-corrected chi connectivity index (χ1v) is 4.35. The molecule has 1 radical (unpaired) electrons. The van der Waals surface area contributed by atoms with Crippen LogP contribution in [0.2, 0.25) is 0 Å². The lowest BCUT2D eigenvalue weighted by Gasteiger charge is -2.28. The van der Waals surface area contributed by atoms with E-state index in [1.54, 1.807) is 0 Å². The third kappa shape index (κ3) is 3.34. The van der Waals surface area contributed by atoms with Crippen LogP contribution in [0.3, 0.4) is 0 Å². The molecule has 0 fully saturated rings. The number of hydrogen-bond donors (Lipinski definition) is 0. The SMILES string of the molecule is [CH2]COCC=C(C)C(F)(F)C(F)(F)C(F)(F)F. The molecule has 0 rings (SSSR count). The average Bonchev–Trinajstić information content (AvgIpc) is 2.15. The summed E-state index contributed by atoms with van der Waals surface area (Å²) in [6.45, 7) is 3.01. The van der Waals surface area contributed by atoms with Crippen molar-refractivity contribution in [3.63, 3.8) is 0 Å². The first kappa shape index (κ1) is 16.2. The average molecular weight is 267 g/mol. The van der Waals surface area contributed by atoms with E-state index >= 15 is 0 Å². The van der Waals surface area contributed by atoms with Gasteiger partial charge in [-0.1, -0.05) is 6.08 Å². The Bertz CT molecular complexity index is 280. The maximum absolute atomic E-state index is 12.9. The summed E-state index contributed by atoms with van der Waals surface area (Å²) in [4.78, 5) is 0. The molecule has 0 amide bonds.